The summed E-state index contributed by atoms with van der Waals surface area (Å²) in [4.78, 5) is 22.3. The van der Waals surface area contributed by atoms with Crippen LogP contribution in [0.15, 0.2) is 51.4 Å². The number of nitrogens with zero attached hydrogens (tertiary/aromatic N) is 1. The van der Waals surface area contributed by atoms with Crippen molar-refractivity contribution in [2.75, 3.05) is 0 Å². The summed E-state index contributed by atoms with van der Waals surface area (Å²) in [5.74, 6) is -0.271. The lowest BCUT2D eigenvalue weighted by molar-refractivity contribution is -0.384. The molecule has 5 nitrogen and oxygen atoms in total. The molecule has 2 aromatic rings. The number of allylic oxidation sites excluding steroid dienone is 1. The molecular formula is C15H9Br2NO4. The Balaban J connectivity index is 2.25. The summed E-state index contributed by atoms with van der Waals surface area (Å²) < 4.78 is 0.794. The standard InChI is InChI=1S/C15H9Br2NO4/c16-12-7-10(8-13(17)15(12)20)14(19)5-4-9-2-1-3-11(6-9)18(21)22/h1-8,20H/b5-4+. The van der Waals surface area contributed by atoms with Crippen LogP contribution in [-0.2, 0) is 0 Å². The number of phenolic OH excluding ortho intramolecular Hbond substituents is 1. The Hall–Kier alpha value is -1.99. The number of halogens is 2. The number of aromatic hydroxyl groups is 1. The molecule has 0 saturated heterocycles. The van der Waals surface area contributed by atoms with Gasteiger partial charge in [0.15, 0.2) is 5.78 Å². The van der Waals surface area contributed by atoms with Gasteiger partial charge in [0, 0.05) is 17.7 Å². The van der Waals surface area contributed by atoms with Gasteiger partial charge in [0.1, 0.15) is 5.75 Å². The maximum absolute atomic E-state index is 12.1. The highest BCUT2D eigenvalue weighted by Gasteiger charge is 2.10. The van der Waals surface area contributed by atoms with Crippen LogP contribution in [0.25, 0.3) is 6.08 Å². The molecule has 2 rings (SSSR count). The molecule has 2 aromatic carbocycles. The van der Waals surface area contributed by atoms with E-state index in [1.807, 2.05) is 0 Å². The highest BCUT2D eigenvalue weighted by atomic mass is 79.9. The van der Waals surface area contributed by atoms with Crippen LogP contribution in [0.5, 0.6) is 5.75 Å². The summed E-state index contributed by atoms with van der Waals surface area (Å²) in [5, 5.41) is 20.3. The maximum atomic E-state index is 12.1. The summed E-state index contributed by atoms with van der Waals surface area (Å²) in [7, 11) is 0. The molecular weight excluding hydrogens is 418 g/mol. The number of ketones is 1. The lowest BCUT2D eigenvalue weighted by Crippen LogP contribution is -1.95. The molecule has 0 heterocycles. The van der Waals surface area contributed by atoms with Gasteiger partial charge in [-0.05, 0) is 55.6 Å². The number of nitro benzene ring substituents is 1. The van der Waals surface area contributed by atoms with Crippen molar-refractivity contribution in [3.63, 3.8) is 0 Å². The smallest absolute Gasteiger partial charge is 0.270 e. The van der Waals surface area contributed by atoms with Gasteiger partial charge in [-0.25, -0.2) is 0 Å². The topological polar surface area (TPSA) is 80.4 Å². The van der Waals surface area contributed by atoms with Gasteiger partial charge in [-0.3, -0.25) is 14.9 Å². The van der Waals surface area contributed by atoms with Gasteiger partial charge in [0.2, 0.25) is 0 Å². The predicted molar refractivity (Wildman–Crippen MR) is 90.0 cm³/mol. The average molecular weight is 427 g/mol. The van der Waals surface area contributed by atoms with Crippen molar-refractivity contribution in [3.05, 3.63) is 72.7 Å². The van der Waals surface area contributed by atoms with Crippen molar-refractivity contribution in [2.24, 2.45) is 0 Å². The minimum Gasteiger partial charge on any atom is -0.506 e. The Morgan fingerprint density at radius 2 is 1.82 bits per heavy atom. The fraction of sp³-hybridized carbons (Fsp3) is 0. The maximum Gasteiger partial charge on any atom is 0.270 e. The fourth-order valence-electron chi connectivity index (χ4n) is 1.72. The molecule has 0 saturated carbocycles. The van der Waals surface area contributed by atoms with Crippen molar-refractivity contribution in [2.45, 2.75) is 0 Å². The quantitative estimate of drug-likeness (QED) is 0.332. The Morgan fingerprint density at radius 3 is 2.41 bits per heavy atom. The summed E-state index contributed by atoms with van der Waals surface area (Å²) >= 11 is 6.31. The molecule has 0 spiro atoms. The summed E-state index contributed by atoms with van der Waals surface area (Å²) in [6.07, 6.45) is 2.83. The number of phenols is 1. The number of benzene rings is 2. The second kappa shape index (κ2) is 6.85. The normalized spacial score (nSPS) is 10.8. The third-order valence-electron chi connectivity index (χ3n) is 2.81. The molecule has 112 valence electrons. The van der Waals surface area contributed by atoms with Crippen molar-refractivity contribution in [1.82, 2.24) is 0 Å². The lowest BCUT2D eigenvalue weighted by atomic mass is 10.1. The number of nitro groups is 1. The van der Waals surface area contributed by atoms with Crippen LogP contribution in [0.2, 0.25) is 0 Å². The summed E-state index contributed by atoms with van der Waals surface area (Å²) in [6.45, 7) is 0. The Bertz CT molecular complexity index is 764. The highest BCUT2D eigenvalue weighted by molar-refractivity contribution is 9.11. The molecule has 7 heteroatoms. The van der Waals surface area contributed by atoms with Crippen molar-refractivity contribution >= 4 is 49.4 Å². The first kappa shape index (κ1) is 16.4. The molecule has 0 fully saturated rings. The zero-order valence-corrected chi connectivity index (χ0v) is 14.2. The van der Waals surface area contributed by atoms with Crippen LogP contribution in [0.3, 0.4) is 0 Å². The van der Waals surface area contributed by atoms with E-state index in [9.17, 15) is 20.0 Å². The summed E-state index contributed by atoms with van der Waals surface area (Å²) in [6, 6.07) is 8.98. The molecule has 0 aromatic heterocycles. The first-order chi connectivity index (χ1) is 10.4. The predicted octanol–water partition coefficient (Wildman–Crippen LogP) is 4.72. The molecule has 0 aliphatic carbocycles. The fourth-order valence-corrected chi connectivity index (χ4v) is 2.90. The zero-order chi connectivity index (χ0) is 16.3. The third kappa shape index (κ3) is 3.80. The molecule has 0 unspecified atom stereocenters. The number of rotatable bonds is 4. The number of carbonyl (C=O) groups excluding carboxylic acids is 1. The molecule has 0 aliphatic heterocycles. The van der Waals surface area contributed by atoms with Gasteiger partial charge < -0.3 is 5.11 Å². The van der Waals surface area contributed by atoms with Gasteiger partial charge in [-0.15, -0.1) is 0 Å². The third-order valence-corrected chi connectivity index (χ3v) is 4.02. The van der Waals surface area contributed by atoms with E-state index in [-0.39, 0.29) is 17.2 Å². The van der Waals surface area contributed by atoms with Crippen LogP contribution in [0.1, 0.15) is 15.9 Å². The second-order valence-electron chi connectivity index (χ2n) is 4.34. The van der Waals surface area contributed by atoms with Crippen molar-refractivity contribution in [3.8, 4) is 5.75 Å². The van der Waals surface area contributed by atoms with Gasteiger partial charge in [-0.1, -0.05) is 18.2 Å². The van der Waals surface area contributed by atoms with Crippen LogP contribution < -0.4 is 0 Å². The van der Waals surface area contributed by atoms with E-state index in [1.54, 1.807) is 12.1 Å². The van der Waals surface area contributed by atoms with E-state index in [2.05, 4.69) is 31.9 Å². The van der Waals surface area contributed by atoms with Crippen LogP contribution in [-0.4, -0.2) is 15.8 Å². The molecule has 0 radical (unpaired) electrons. The van der Waals surface area contributed by atoms with Gasteiger partial charge >= 0.3 is 0 Å². The second-order valence-corrected chi connectivity index (χ2v) is 6.05. The largest absolute Gasteiger partial charge is 0.506 e. The molecule has 0 amide bonds. The minimum absolute atomic E-state index is 0.0132. The number of hydrogen-bond donors (Lipinski definition) is 1. The van der Waals surface area contributed by atoms with E-state index in [0.29, 0.717) is 20.1 Å². The molecule has 22 heavy (non-hydrogen) atoms. The SMILES string of the molecule is O=C(/C=C/c1cccc([N+](=O)[O-])c1)c1cc(Br)c(O)c(Br)c1. The molecule has 1 N–H and O–H groups in total. The minimum atomic E-state index is -0.493. The molecule has 0 bridgehead atoms. The number of hydrogen-bond acceptors (Lipinski definition) is 4. The van der Waals surface area contributed by atoms with E-state index in [0.717, 1.165) is 0 Å². The molecule has 0 atom stereocenters. The van der Waals surface area contributed by atoms with E-state index in [4.69, 9.17) is 0 Å². The van der Waals surface area contributed by atoms with E-state index >= 15 is 0 Å². The van der Waals surface area contributed by atoms with Gasteiger partial charge in [0.05, 0.1) is 13.9 Å². The number of carbonyl (C=O) groups is 1. The zero-order valence-electron chi connectivity index (χ0n) is 11.0. The Morgan fingerprint density at radius 1 is 1.18 bits per heavy atom. The van der Waals surface area contributed by atoms with Crippen molar-refractivity contribution in [1.29, 1.82) is 0 Å². The average Bonchev–Trinajstić information content (AvgIpc) is 2.50. The van der Waals surface area contributed by atoms with Gasteiger partial charge in [-0.2, -0.15) is 0 Å². The van der Waals surface area contributed by atoms with Crippen LogP contribution in [0.4, 0.5) is 5.69 Å². The Labute approximate surface area is 142 Å². The monoisotopic (exact) mass is 425 g/mol. The van der Waals surface area contributed by atoms with Crippen molar-refractivity contribution < 1.29 is 14.8 Å². The summed E-state index contributed by atoms with van der Waals surface area (Å²) in [5.41, 5.74) is 0.891. The first-order valence-corrected chi connectivity index (χ1v) is 7.62. The highest BCUT2D eigenvalue weighted by Crippen LogP contribution is 2.33. The first-order valence-electron chi connectivity index (χ1n) is 6.03. The van der Waals surface area contributed by atoms with Crippen LogP contribution >= 0.6 is 31.9 Å². The lowest BCUT2D eigenvalue weighted by Gasteiger charge is -2.03. The number of non-ortho nitro benzene ring substituents is 1. The van der Waals surface area contributed by atoms with E-state index in [1.165, 1.54) is 36.4 Å². The molecule has 0 aliphatic rings. The van der Waals surface area contributed by atoms with Crippen LogP contribution in [0, 0.1) is 10.1 Å². The Kier molecular flexibility index (Phi) is 5.10. The van der Waals surface area contributed by atoms with Gasteiger partial charge in [0.25, 0.3) is 5.69 Å². The van der Waals surface area contributed by atoms with E-state index < -0.39 is 4.92 Å².